The second-order valence-corrected chi connectivity index (χ2v) is 8.66. The Morgan fingerprint density at radius 2 is 1.97 bits per heavy atom. The Hall–Kier alpha value is -2.16. The molecule has 2 heterocycles. The predicted molar refractivity (Wildman–Crippen MR) is 115 cm³/mol. The minimum absolute atomic E-state index is 0.0227. The lowest BCUT2D eigenvalue weighted by atomic mass is 9.80. The van der Waals surface area contributed by atoms with Gasteiger partial charge in [0.25, 0.3) is 5.91 Å². The van der Waals surface area contributed by atoms with E-state index in [4.69, 9.17) is 14.2 Å². The van der Waals surface area contributed by atoms with Crippen LogP contribution in [-0.4, -0.2) is 92.9 Å². The summed E-state index contributed by atoms with van der Waals surface area (Å²) in [5.74, 6) is 0.297. The van der Waals surface area contributed by atoms with Crippen LogP contribution in [0.2, 0.25) is 0 Å². The molecule has 1 aromatic rings. The van der Waals surface area contributed by atoms with Crippen molar-refractivity contribution >= 4 is 11.8 Å². The fraction of sp³-hybridized carbons (Fsp3) is 0.652. The third-order valence-corrected chi connectivity index (χ3v) is 6.60. The molecule has 1 spiro atoms. The zero-order valence-corrected chi connectivity index (χ0v) is 18.3. The van der Waals surface area contributed by atoms with E-state index in [1.165, 1.54) is 0 Å². The van der Waals surface area contributed by atoms with E-state index in [2.05, 4.69) is 10.2 Å². The van der Waals surface area contributed by atoms with Gasteiger partial charge >= 0.3 is 0 Å². The van der Waals surface area contributed by atoms with Crippen molar-refractivity contribution in [3.05, 3.63) is 29.8 Å². The van der Waals surface area contributed by atoms with Gasteiger partial charge in [-0.25, -0.2) is 0 Å². The summed E-state index contributed by atoms with van der Waals surface area (Å²) in [6, 6.07) is 7.91. The Labute approximate surface area is 183 Å². The van der Waals surface area contributed by atoms with Crippen LogP contribution in [-0.2, 0) is 14.3 Å². The number of morpholine rings is 1. The van der Waals surface area contributed by atoms with Crippen LogP contribution in [0.1, 0.15) is 36.0 Å². The van der Waals surface area contributed by atoms with Crippen LogP contribution in [0.4, 0.5) is 0 Å². The highest BCUT2D eigenvalue weighted by Gasteiger charge is 2.44. The molecule has 0 aromatic heterocycles. The zero-order chi connectivity index (χ0) is 21.7. The number of rotatable bonds is 6. The summed E-state index contributed by atoms with van der Waals surface area (Å²) in [6.07, 6.45) is 3.76. The Morgan fingerprint density at radius 1 is 1.23 bits per heavy atom. The number of hydrogen-bond donors (Lipinski definition) is 1. The molecule has 0 bridgehead atoms. The first kappa shape index (κ1) is 22.0. The Morgan fingerprint density at radius 3 is 2.71 bits per heavy atom. The number of ether oxygens (including phenoxy) is 3. The SMILES string of the molecule is COCCNC(=O)CN1CC2(CCC(N3CCOCC3)CC2)Oc2ccccc2C1=O. The number of amides is 2. The van der Waals surface area contributed by atoms with Crippen LogP contribution < -0.4 is 10.1 Å². The van der Waals surface area contributed by atoms with Crippen molar-refractivity contribution in [2.75, 3.05) is 59.7 Å². The van der Waals surface area contributed by atoms with Crippen molar-refractivity contribution < 1.29 is 23.8 Å². The molecule has 0 radical (unpaired) electrons. The van der Waals surface area contributed by atoms with Crippen molar-refractivity contribution in [3.8, 4) is 5.75 Å². The molecule has 0 atom stereocenters. The van der Waals surface area contributed by atoms with Crippen molar-refractivity contribution in [2.45, 2.75) is 37.3 Å². The Balaban J connectivity index is 1.49. The van der Waals surface area contributed by atoms with Crippen LogP contribution in [0.5, 0.6) is 5.75 Å². The van der Waals surface area contributed by atoms with Gasteiger partial charge in [0.2, 0.25) is 5.91 Å². The van der Waals surface area contributed by atoms with Crippen molar-refractivity contribution in [2.24, 2.45) is 0 Å². The van der Waals surface area contributed by atoms with Gasteiger partial charge in [0.15, 0.2) is 0 Å². The van der Waals surface area contributed by atoms with Gasteiger partial charge in [0, 0.05) is 32.8 Å². The van der Waals surface area contributed by atoms with Crippen LogP contribution in [0.3, 0.4) is 0 Å². The normalized spacial score (nSPS) is 26.8. The first-order valence-corrected chi connectivity index (χ1v) is 11.2. The number of benzene rings is 1. The highest BCUT2D eigenvalue weighted by atomic mass is 16.5. The molecule has 4 rings (SSSR count). The maximum Gasteiger partial charge on any atom is 0.258 e. The molecule has 1 N–H and O–H groups in total. The first-order valence-electron chi connectivity index (χ1n) is 11.2. The van der Waals surface area contributed by atoms with Crippen LogP contribution in [0.25, 0.3) is 0 Å². The average molecular weight is 432 g/mol. The molecule has 2 amide bonds. The van der Waals surface area contributed by atoms with E-state index in [0.29, 0.717) is 37.1 Å². The monoisotopic (exact) mass is 431 g/mol. The van der Waals surface area contributed by atoms with Gasteiger partial charge in [-0.05, 0) is 37.8 Å². The van der Waals surface area contributed by atoms with Gasteiger partial charge in [-0.15, -0.1) is 0 Å². The van der Waals surface area contributed by atoms with Crippen molar-refractivity contribution in [1.82, 2.24) is 15.1 Å². The largest absolute Gasteiger partial charge is 0.485 e. The van der Waals surface area contributed by atoms with Gasteiger partial charge < -0.3 is 24.4 Å². The molecule has 3 aliphatic rings. The predicted octanol–water partition coefficient (Wildman–Crippen LogP) is 1.30. The van der Waals surface area contributed by atoms with Gasteiger partial charge in [0.1, 0.15) is 11.4 Å². The molecular weight excluding hydrogens is 398 g/mol. The van der Waals surface area contributed by atoms with Gasteiger partial charge in [-0.2, -0.15) is 0 Å². The van der Waals surface area contributed by atoms with E-state index in [9.17, 15) is 9.59 Å². The van der Waals surface area contributed by atoms with Gasteiger partial charge in [0.05, 0.1) is 38.5 Å². The summed E-state index contributed by atoms with van der Waals surface area (Å²) in [7, 11) is 1.59. The molecule has 1 aromatic carbocycles. The topological polar surface area (TPSA) is 80.3 Å². The zero-order valence-electron chi connectivity index (χ0n) is 18.3. The van der Waals surface area contributed by atoms with Crippen molar-refractivity contribution in [1.29, 1.82) is 0 Å². The smallest absolute Gasteiger partial charge is 0.258 e. The van der Waals surface area contributed by atoms with Crippen LogP contribution >= 0.6 is 0 Å². The number of methoxy groups -OCH3 is 1. The molecule has 1 saturated heterocycles. The Bertz CT molecular complexity index is 772. The first-order chi connectivity index (χ1) is 15.1. The second-order valence-electron chi connectivity index (χ2n) is 8.66. The van der Waals surface area contributed by atoms with E-state index in [1.807, 2.05) is 18.2 Å². The van der Waals surface area contributed by atoms with Gasteiger partial charge in [-0.1, -0.05) is 12.1 Å². The summed E-state index contributed by atoms with van der Waals surface area (Å²) < 4.78 is 17.0. The summed E-state index contributed by atoms with van der Waals surface area (Å²) in [4.78, 5) is 29.9. The summed E-state index contributed by atoms with van der Waals surface area (Å²) >= 11 is 0. The number of para-hydroxylation sites is 1. The van der Waals surface area contributed by atoms with Crippen LogP contribution in [0, 0.1) is 0 Å². The van der Waals surface area contributed by atoms with E-state index in [0.717, 1.165) is 52.0 Å². The van der Waals surface area contributed by atoms with E-state index < -0.39 is 5.60 Å². The number of hydrogen-bond acceptors (Lipinski definition) is 6. The molecule has 2 fully saturated rings. The van der Waals surface area contributed by atoms with E-state index in [1.54, 1.807) is 18.1 Å². The standard InChI is InChI=1S/C23H33N3O5/c1-29-13-10-24-21(27)16-26-17-23(31-20-5-3-2-4-19(20)22(26)28)8-6-18(7-9-23)25-11-14-30-15-12-25/h2-5,18H,6-17H2,1H3,(H,24,27). The quantitative estimate of drug-likeness (QED) is 0.684. The summed E-state index contributed by atoms with van der Waals surface area (Å²) in [5, 5.41) is 2.82. The maximum absolute atomic E-state index is 13.3. The van der Waals surface area contributed by atoms with Crippen LogP contribution in [0.15, 0.2) is 24.3 Å². The third kappa shape index (κ3) is 5.19. The summed E-state index contributed by atoms with van der Waals surface area (Å²) in [5.41, 5.74) is 0.0667. The summed E-state index contributed by atoms with van der Waals surface area (Å²) in [6.45, 7) is 4.87. The van der Waals surface area contributed by atoms with E-state index in [-0.39, 0.29) is 18.4 Å². The molecule has 1 saturated carbocycles. The van der Waals surface area contributed by atoms with E-state index >= 15 is 0 Å². The molecule has 8 heteroatoms. The number of carbonyl (C=O) groups is 2. The molecule has 1 aliphatic carbocycles. The molecule has 31 heavy (non-hydrogen) atoms. The molecule has 2 aliphatic heterocycles. The number of fused-ring (bicyclic) bond motifs is 1. The van der Waals surface area contributed by atoms with Gasteiger partial charge in [-0.3, -0.25) is 14.5 Å². The fourth-order valence-electron chi connectivity index (χ4n) is 4.93. The molecule has 170 valence electrons. The lowest BCUT2D eigenvalue weighted by Crippen LogP contribution is -2.54. The highest BCUT2D eigenvalue weighted by molar-refractivity contribution is 5.99. The molecule has 0 unspecified atom stereocenters. The van der Waals surface area contributed by atoms with Crippen molar-refractivity contribution in [3.63, 3.8) is 0 Å². The minimum Gasteiger partial charge on any atom is -0.485 e. The minimum atomic E-state index is -0.460. The number of nitrogens with one attached hydrogen (secondary N) is 1. The fourth-order valence-corrected chi connectivity index (χ4v) is 4.93. The molecular formula is C23H33N3O5. The lowest BCUT2D eigenvalue weighted by Gasteiger charge is -2.45. The highest BCUT2D eigenvalue weighted by Crippen LogP contribution is 2.39. The maximum atomic E-state index is 13.3. The molecule has 8 nitrogen and oxygen atoms in total. The average Bonchev–Trinajstić information content (AvgIpc) is 2.90. The lowest BCUT2D eigenvalue weighted by molar-refractivity contribution is -0.122. The third-order valence-electron chi connectivity index (χ3n) is 6.60. The Kier molecular flexibility index (Phi) is 7.09. The number of carbonyl (C=O) groups excluding carboxylic acids is 2. The second kappa shape index (κ2) is 9.97. The number of nitrogens with zero attached hydrogens (tertiary/aromatic N) is 2.